The van der Waals surface area contributed by atoms with Gasteiger partial charge >= 0.3 is 6.09 Å². The maximum atomic E-state index is 13.2. The molecular weight excluding hydrogens is 344 g/mol. The minimum Gasteiger partial charge on any atom is -0.463 e. The van der Waals surface area contributed by atoms with Crippen LogP contribution in [0.2, 0.25) is 0 Å². The van der Waals surface area contributed by atoms with Gasteiger partial charge in [-0.05, 0) is 36.8 Å². The van der Waals surface area contributed by atoms with Gasteiger partial charge in [0.05, 0.1) is 28.3 Å². The zero-order valence-electron chi connectivity index (χ0n) is 14.8. The molecule has 4 aromatic rings. The number of aromatic nitrogens is 4. The van der Waals surface area contributed by atoms with Crippen LogP contribution in [-0.4, -0.2) is 30.5 Å². The normalized spacial score (nSPS) is 11.3. The number of carboxylic acid groups (broad SMARTS) is 1. The van der Waals surface area contributed by atoms with Crippen molar-refractivity contribution in [2.75, 3.05) is 0 Å². The van der Waals surface area contributed by atoms with Crippen molar-refractivity contribution in [1.29, 1.82) is 0 Å². The maximum Gasteiger partial charge on any atom is 0.432 e. The summed E-state index contributed by atoms with van der Waals surface area (Å²) < 4.78 is 2.54. The Morgan fingerprint density at radius 3 is 2.78 bits per heavy atom. The van der Waals surface area contributed by atoms with Gasteiger partial charge in [0.1, 0.15) is 5.82 Å². The third kappa shape index (κ3) is 2.87. The molecule has 2 aromatic carbocycles. The number of rotatable bonds is 4. The highest BCUT2D eigenvalue weighted by atomic mass is 16.4. The molecule has 136 valence electrons. The predicted molar refractivity (Wildman–Crippen MR) is 103 cm³/mol. The van der Waals surface area contributed by atoms with Gasteiger partial charge in [-0.2, -0.15) is 9.78 Å². The van der Waals surface area contributed by atoms with Crippen LogP contribution < -0.4 is 5.56 Å². The largest absolute Gasteiger partial charge is 0.463 e. The minimum absolute atomic E-state index is 0.128. The van der Waals surface area contributed by atoms with Crippen molar-refractivity contribution in [2.24, 2.45) is 0 Å². The van der Waals surface area contributed by atoms with Crippen LogP contribution in [0.15, 0.2) is 53.5 Å². The first-order valence-electron chi connectivity index (χ1n) is 8.82. The summed E-state index contributed by atoms with van der Waals surface area (Å²) in [6, 6.07) is 12.5. The summed E-state index contributed by atoms with van der Waals surface area (Å²) in [6.07, 6.45) is 2.93. The molecule has 0 spiro atoms. The number of aryl methyl sites for hydroxylation is 1. The van der Waals surface area contributed by atoms with Crippen molar-refractivity contribution in [3.8, 4) is 5.69 Å². The van der Waals surface area contributed by atoms with E-state index in [0.717, 1.165) is 17.5 Å². The van der Waals surface area contributed by atoms with Gasteiger partial charge in [-0.15, -0.1) is 0 Å². The summed E-state index contributed by atoms with van der Waals surface area (Å²) >= 11 is 0. The number of unbranched alkanes of at least 4 members (excludes halogenated alkanes) is 1. The van der Waals surface area contributed by atoms with Crippen molar-refractivity contribution in [3.63, 3.8) is 0 Å². The summed E-state index contributed by atoms with van der Waals surface area (Å²) in [5.74, 6) is 0.700. The van der Waals surface area contributed by atoms with Crippen LogP contribution in [-0.2, 0) is 6.42 Å². The predicted octanol–water partition coefficient (Wildman–Crippen LogP) is 3.60. The van der Waals surface area contributed by atoms with E-state index >= 15 is 0 Å². The van der Waals surface area contributed by atoms with Crippen molar-refractivity contribution in [3.05, 3.63) is 64.8 Å². The molecule has 27 heavy (non-hydrogen) atoms. The van der Waals surface area contributed by atoms with Crippen molar-refractivity contribution in [1.82, 2.24) is 19.3 Å². The zero-order valence-corrected chi connectivity index (χ0v) is 14.8. The first-order valence-corrected chi connectivity index (χ1v) is 8.82. The molecule has 4 rings (SSSR count). The molecule has 0 bridgehead atoms. The highest BCUT2D eigenvalue weighted by molar-refractivity contribution is 5.88. The summed E-state index contributed by atoms with van der Waals surface area (Å²) in [5.41, 5.74) is 1.69. The van der Waals surface area contributed by atoms with Gasteiger partial charge in [0, 0.05) is 11.8 Å². The molecule has 7 heteroatoms. The quantitative estimate of drug-likeness (QED) is 0.599. The van der Waals surface area contributed by atoms with E-state index in [1.165, 1.54) is 6.20 Å². The molecule has 0 aliphatic carbocycles. The Hall–Kier alpha value is -3.48. The van der Waals surface area contributed by atoms with Crippen LogP contribution in [0.1, 0.15) is 25.6 Å². The van der Waals surface area contributed by atoms with Gasteiger partial charge in [0.15, 0.2) is 0 Å². The summed E-state index contributed by atoms with van der Waals surface area (Å²) in [4.78, 5) is 29.1. The van der Waals surface area contributed by atoms with Crippen molar-refractivity contribution < 1.29 is 9.90 Å². The molecular formula is C20H18N4O3. The molecule has 7 nitrogen and oxygen atoms in total. The van der Waals surface area contributed by atoms with Crippen LogP contribution in [0.5, 0.6) is 0 Å². The fourth-order valence-electron chi connectivity index (χ4n) is 3.26. The Bertz CT molecular complexity index is 1220. The first kappa shape index (κ1) is 17.0. The van der Waals surface area contributed by atoms with Crippen LogP contribution in [0.3, 0.4) is 0 Å². The number of hydrogen-bond donors (Lipinski definition) is 1. The van der Waals surface area contributed by atoms with Gasteiger partial charge in [0.2, 0.25) is 0 Å². The summed E-state index contributed by atoms with van der Waals surface area (Å²) in [5, 5.41) is 14.3. The van der Waals surface area contributed by atoms with E-state index in [1.54, 1.807) is 28.8 Å². The third-order valence-corrected chi connectivity index (χ3v) is 4.59. The Morgan fingerprint density at radius 1 is 1.19 bits per heavy atom. The van der Waals surface area contributed by atoms with Crippen molar-refractivity contribution >= 4 is 27.9 Å². The molecule has 0 aliphatic rings. The number of hydrogen-bond acceptors (Lipinski definition) is 4. The second-order valence-corrected chi connectivity index (χ2v) is 6.37. The zero-order chi connectivity index (χ0) is 19.0. The number of fused-ring (bicyclic) bond motifs is 2. The molecule has 0 atom stereocenters. The lowest BCUT2D eigenvalue weighted by Gasteiger charge is -2.13. The fraction of sp³-hybridized carbons (Fsp3) is 0.200. The molecule has 2 heterocycles. The van der Waals surface area contributed by atoms with Gasteiger partial charge in [-0.3, -0.25) is 9.36 Å². The smallest absolute Gasteiger partial charge is 0.432 e. The second-order valence-electron chi connectivity index (χ2n) is 6.37. The molecule has 0 amide bonds. The average Bonchev–Trinajstić information content (AvgIpc) is 3.10. The second kappa shape index (κ2) is 6.68. The monoisotopic (exact) mass is 362 g/mol. The highest BCUT2D eigenvalue weighted by Gasteiger charge is 2.15. The van der Waals surface area contributed by atoms with Crippen LogP contribution >= 0.6 is 0 Å². The first-order chi connectivity index (χ1) is 13.1. The number of nitrogens with zero attached hydrogens (tertiary/aromatic N) is 4. The van der Waals surface area contributed by atoms with Crippen LogP contribution in [0.4, 0.5) is 4.79 Å². The number of benzene rings is 2. The van der Waals surface area contributed by atoms with Gasteiger partial charge in [-0.25, -0.2) is 9.78 Å². The average molecular weight is 362 g/mol. The highest BCUT2D eigenvalue weighted by Crippen LogP contribution is 2.20. The topological polar surface area (TPSA) is 90.0 Å². The molecule has 0 saturated heterocycles. The van der Waals surface area contributed by atoms with Gasteiger partial charge in [-0.1, -0.05) is 25.5 Å². The van der Waals surface area contributed by atoms with Crippen LogP contribution in [0, 0.1) is 0 Å². The molecule has 0 aliphatic heterocycles. The maximum absolute atomic E-state index is 13.2. The Morgan fingerprint density at radius 2 is 2.00 bits per heavy atom. The Kier molecular flexibility index (Phi) is 4.19. The van der Waals surface area contributed by atoms with E-state index < -0.39 is 6.09 Å². The standard InChI is InChI=1S/C20H18N4O3/c1-2-3-8-18-22-16-7-5-4-6-15(16)19(25)23(18)14-9-10-17-13(11-14)12-21-24(17)20(26)27/h4-7,9-12H,2-3,8H2,1H3,(H,26,27). The van der Waals surface area contributed by atoms with E-state index in [-0.39, 0.29) is 5.56 Å². The van der Waals surface area contributed by atoms with E-state index in [9.17, 15) is 14.7 Å². The molecule has 0 radical (unpaired) electrons. The molecule has 1 N–H and O–H groups in total. The van der Waals surface area contributed by atoms with Gasteiger partial charge < -0.3 is 5.11 Å². The lowest BCUT2D eigenvalue weighted by molar-refractivity contribution is 0.194. The Labute approximate surface area is 154 Å². The van der Waals surface area contributed by atoms with E-state index in [0.29, 0.717) is 39.7 Å². The molecule has 0 unspecified atom stereocenters. The minimum atomic E-state index is -1.15. The number of carbonyl (C=O) groups is 1. The SMILES string of the molecule is CCCCc1nc2ccccc2c(=O)n1-c1ccc2c(cnn2C(=O)O)c1. The van der Waals surface area contributed by atoms with Gasteiger partial charge in [0.25, 0.3) is 5.56 Å². The molecule has 2 aromatic heterocycles. The van der Waals surface area contributed by atoms with E-state index in [1.807, 2.05) is 18.2 Å². The lowest BCUT2D eigenvalue weighted by Crippen LogP contribution is -2.24. The Balaban J connectivity index is 1.96. The van der Waals surface area contributed by atoms with Crippen molar-refractivity contribution in [2.45, 2.75) is 26.2 Å². The summed E-state index contributed by atoms with van der Waals surface area (Å²) in [7, 11) is 0. The molecule has 0 fully saturated rings. The number of para-hydroxylation sites is 1. The fourth-order valence-corrected chi connectivity index (χ4v) is 3.26. The lowest BCUT2D eigenvalue weighted by atomic mass is 10.1. The van der Waals surface area contributed by atoms with E-state index in [4.69, 9.17) is 4.98 Å². The third-order valence-electron chi connectivity index (χ3n) is 4.59. The van der Waals surface area contributed by atoms with Crippen LogP contribution in [0.25, 0.3) is 27.5 Å². The van der Waals surface area contributed by atoms with E-state index in [2.05, 4.69) is 12.0 Å². The summed E-state index contributed by atoms with van der Waals surface area (Å²) in [6.45, 7) is 2.09. The molecule has 0 saturated carbocycles.